The largest absolute Gasteiger partial charge is 0.466 e. The number of ether oxygens (including phenoxy) is 1. The number of carbonyl (C=O) groups is 1. The number of carbonyl (C=O) groups excluding carboxylic acids is 1. The lowest BCUT2D eigenvalue weighted by atomic mass is 10.1. The zero-order valence-corrected chi connectivity index (χ0v) is 11.5. The van der Waals surface area contributed by atoms with E-state index in [4.69, 9.17) is 4.74 Å². The van der Waals surface area contributed by atoms with Gasteiger partial charge < -0.3 is 4.74 Å². The predicted molar refractivity (Wildman–Crippen MR) is 69.8 cm³/mol. The third-order valence-electron chi connectivity index (χ3n) is 3.03. The van der Waals surface area contributed by atoms with Crippen molar-refractivity contribution in [2.75, 3.05) is 6.61 Å². The molecule has 19 heavy (non-hydrogen) atoms. The SMILES string of the molecule is CCCOC(=O)CCc1c(C)nc2ncnn2c1C. The molecule has 0 aliphatic heterocycles. The van der Waals surface area contributed by atoms with E-state index >= 15 is 0 Å². The molecule has 0 spiro atoms. The Labute approximate surface area is 111 Å². The lowest BCUT2D eigenvalue weighted by Gasteiger charge is -2.10. The van der Waals surface area contributed by atoms with E-state index in [1.807, 2.05) is 20.8 Å². The van der Waals surface area contributed by atoms with E-state index in [-0.39, 0.29) is 5.97 Å². The zero-order chi connectivity index (χ0) is 13.8. The van der Waals surface area contributed by atoms with Gasteiger partial charge in [0, 0.05) is 17.8 Å². The van der Waals surface area contributed by atoms with Crippen molar-refractivity contribution in [1.82, 2.24) is 19.6 Å². The molecular formula is C13H18N4O2. The Morgan fingerprint density at radius 3 is 2.95 bits per heavy atom. The van der Waals surface area contributed by atoms with Crippen molar-refractivity contribution in [3.63, 3.8) is 0 Å². The highest BCUT2D eigenvalue weighted by Crippen LogP contribution is 2.15. The molecule has 2 aromatic heterocycles. The van der Waals surface area contributed by atoms with Gasteiger partial charge in [-0.25, -0.2) is 9.50 Å². The Morgan fingerprint density at radius 1 is 1.42 bits per heavy atom. The van der Waals surface area contributed by atoms with Crippen molar-refractivity contribution in [3.05, 3.63) is 23.3 Å². The van der Waals surface area contributed by atoms with Gasteiger partial charge in [0.2, 0.25) is 0 Å². The van der Waals surface area contributed by atoms with E-state index in [9.17, 15) is 4.79 Å². The molecule has 0 aromatic carbocycles. The van der Waals surface area contributed by atoms with Gasteiger partial charge in [-0.1, -0.05) is 6.92 Å². The first-order valence-corrected chi connectivity index (χ1v) is 6.45. The number of nitrogens with zero attached hydrogens (tertiary/aromatic N) is 4. The molecule has 0 amide bonds. The molecule has 0 saturated carbocycles. The number of esters is 1. The van der Waals surface area contributed by atoms with Crippen LogP contribution in [0.4, 0.5) is 0 Å². The lowest BCUT2D eigenvalue weighted by molar-refractivity contribution is -0.143. The van der Waals surface area contributed by atoms with E-state index in [0.717, 1.165) is 23.4 Å². The molecule has 2 aromatic rings. The van der Waals surface area contributed by atoms with Crippen LogP contribution in [0, 0.1) is 13.8 Å². The van der Waals surface area contributed by atoms with Crippen LogP contribution in [-0.4, -0.2) is 32.2 Å². The highest BCUT2D eigenvalue weighted by molar-refractivity contribution is 5.69. The Kier molecular flexibility index (Phi) is 4.09. The monoisotopic (exact) mass is 262 g/mol. The van der Waals surface area contributed by atoms with Gasteiger partial charge in [-0.15, -0.1) is 0 Å². The van der Waals surface area contributed by atoms with Crippen LogP contribution in [0.3, 0.4) is 0 Å². The first-order chi connectivity index (χ1) is 9.13. The Balaban J connectivity index is 2.14. The summed E-state index contributed by atoms with van der Waals surface area (Å²) in [6.45, 7) is 6.35. The summed E-state index contributed by atoms with van der Waals surface area (Å²) in [7, 11) is 0. The summed E-state index contributed by atoms with van der Waals surface area (Å²) in [4.78, 5) is 20.0. The van der Waals surface area contributed by atoms with Crippen molar-refractivity contribution >= 4 is 11.7 Å². The summed E-state index contributed by atoms with van der Waals surface area (Å²) in [6.07, 6.45) is 3.30. The molecule has 0 bridgehead atoms. The van der Waals surface area contributed by atoms with E-state index in [1.54, 1.807) is 4.52 Å². The number of rotatable bonds is 5. The van der Waals surface area contributed by atoms with Crippen molar-refractivity contribution < 1.29 is 9.53 Å². The molecule has 2 rings (SSSR count). The summed E-state index contributed by atoms with van der Waals surface area (Å²) >= 11 is 0. The highest BCUT2D eigenvalue weighted by atomic mass is 16.5. The van der Waals surface area contributed by atoms with Crippen LogP contribution in [0.1, 0.15) is 36.7 Å². The molecule has 6 nitrogen and oxygen atoms in total. The third-order valence-corrected chi connectivity index (χ3v) is 3.03. The van der Waals surface area contributed by atoms with Gasteiger partial charge in [0.15, 0.2) is 0 Å². The quantitative estimate of drug-likeness (QED) is 0.766. The molecule has 0 aliphatic rings. The first kappa shape index (κ1) is 13.5. The van der Waals surface area contributed by atoms with Crippen LogP contribution < -0.4 is 0 Å². The van der Waals surface area contributed by atoms with Crippen molar-refractivity contribution in [3.8, 4) is 0 Å². The highest BCUT2D eigenvalue weighted by Gasteiger charge is 2.12. The fourth-order valence-corrected chi connectivity index (χ4v) is 2.03. The molecule has 102 valence electrons. The summed E-state index contributed by atoms with van der Waals surface area (Å²) in [6, 6.07) is 0. The molecule has 0 atom stereocenters. The summed E-state index contributed by atoms with van der Waals surface area (Å²) in [5, 5.41) is 4.12. The van der Waals surface area contributed by atoms with Gasteiger partial charge in [0.05, 0.1) is 6.61 Å². The minimum atomic E-state index is -0.167. The fraction of sp³-hybridized carbons (Fsp3) is 0.538. The maximum Gasteiger partial charge on any atom is 0.306 e. The lowest BCUT2D eigenvalue weighted by Crippen LogP contribution is -2.10. The normalized spacial score (nSPS) is 10.9. The molecule has 0 fully saturated rings. The molecule has 2 heterocycles. The van der Waals surface area contributed by atoms with Crippen molar-refractivity contribution in [2.45, 2.75) is 40.0 Å². The van der Waals surface area contributed by atoms with Crippen molar-refractivity contribution in [1.29, 1.82) is 0 Å². The Morgan fingerprint density at radius 2 is 2.21 bits per heavy atom. The maximum atomic E-state index is 11.5. The second-order valence-corrected chi connectivity index (χ2v) is 4.45. The van der Waals surface area contributed by atoms with E-state index < -0.39 is 0 Å². The molecule has 0 unspecified atom stereocenters. The van der Waals surface area contributed by atoms with Crippen molar-refractivity contribution in [2.24, 2.45) is 0 Å². The van der Waals surface area contributed by atoms with Gasteiger partial charge in [0.25, 0.3) is 5.78 Å². The van der Waals surface area contributed by atoms with Crippen LogP contribution in [0.5, 0.6) is 0 Å². The number of hydrogen-bond donors (Lipinski definition) is 0. The Hall–Kier alpha value is -1.98. The Bertz CT molecular complexity index is 592. The average molecular weight is 262 g/mol. The molecule has 0 aliphatic carbocycles. The van der Waals surface area contributed by atoms with Crippen LogP contribution in [0.2, 0.25) is 0 Å². The van der Waals surface area contributed by atoms with Gasteiger partial charge in [-0.05, 0) is 32.3 Å². The van der Waals surface area contributed by atoms with Crippen LogP contribution in [0.15, 0.2) is 6.33 Å². The van der Waals surface area contributed by atoms with E-state index in [1.165, 1.54) is 6.33 Å². The standard InChI is InChI=1S/C13H18N4O2/c1-4-7-19-12(18)6-5-11-9(2)16-13-14-8-15-17(13)10(11)3/h8H,4-7H2,1-3H3. The number of hydrogen-bond acceptors (Lipinski definition) is 5. The first-order valence-electron chi connectivity index (χ1n) is 6.45. The van der Waals surface area contributed by atoms with Crippen LogP contribution in [0.25, 0.3) is 5.78 Å². The van der Waals surface area contributed by atoms with Gasteiger partial charge in [0.1, 0.15) is 6.33 Å². The van der Waals surface area contributed by atoms with Gasteiger partial charge in [-0.2, -0.15) is 10.1 Å². The topological polar surface area (TPSA) is 69.4 Å². The van der Waals surface area contributed by atoms with Gasteiger partial charge >= 0.3 is 5.97 Å². The van der Waals surface area contributed by atoms with E-state index in [2.05, 4.69) is 15.1 Å². The fourth-order valence-electron chi connectivity index (χ4n) is 2.03. The average Bonchev–Trinajstić information content (AvgIpc) is 2.84. The second-order valence-electron chi connectivity index (χ2n) is 4.45. The summed E-state index contributed by atoms with van der Waals surface area (Å²) in [5.74, 6) is 0.423. The minimum Gasteiger partial charge on any atom is -0.466 e. The van der Waals surface area contributed by atoms with Gasteiger partial charge in [-0.3, -0.25) is 4.79 Å². The summed E-state index contributed by atoms with van der Waals surface area (Å²) < 4.78 is 6.77. The number of aryl methyl sites for hydroxylation is 2. The van der Waals surface area contributed by atoms with Crippen LogP contribution >= 0.6 is 0 Å². The van der Waals surface area contributed by atoms with E-state index in [0.29, 0.717) is 25.2 Å². The number of aromatic nitrogens is 4. The zero-order valence-electron chi connectivity index (χ0n) is 11.5. The molecule has 6 heteroatoms. The maximum absolute atomic E-state index is 11.5. The van der Waals surface area contributed by atoms with Crippen LogP contribution in [-0.2, 0) is 16.0 Å². The molecule has 0 N–H and O–H groups in total. The predicted octanol–water partition coefficient (Wildman–Crippen LogP) is 1.63. The number of fused-ring (bicyclic) bond motifs is 1. The third kappa shape index (κ3) is 2.89. The molecule has 0 radical (unpaired) electrons. The molecular weight excluding hydrogens is 244 g/mol. The smallest absolute Gasteiger partial charge is 0.306 e. The summed E-state index contributed by atoms with van der Waals surface area (Å²) in [5.41, 5.74) is 2.90. The minimum absolute atomic E-state index is 0.167. The second kappa shape index (κ2) is 5.77. The molecule has 0 saturated heterocycles.